The van der Waals surface area contributed by atoms with Crippen LogP contribution in [0, 0.1) is 0 Å². The summed E-state index contributed by atoms with van der Waals surface area (Å²) in [4.78, 5) is 31.8. The summed E-state index contributed by atoms with van der Waals surface area (Å²) < 4.78 is 12.6. The van der Waals surface area contributed by atoms with E-state index in [9.17, 15) is 14.7 Å². The topological polar surface area (TPSA) is 93.9 Å². The molecule has 1 fully saturated rings. The number of aliphatic hydroxyl groups is 1. The highest BCUT2D eigenvalue weighted by molar-refractivity contribution is 6.46. The van der Waals surface area contributed by atoms with E-state index in [0.29, 0.717) is 42.1 Å². The van der Waals surface area contributed by atoms with Crippen LogP contribution in [0.4, 0.5) is 0 Å². The van der Waals surface area contributed by atoms with Crippen molar-refractivity contribution in [2.45, 2.75) is 19.0 Å². The summed E-state index contributed by atoms with van der Waals surface area (Å²) in [6.07, 6.45) is 5.79. The summed E-state index contributed by atoms with van der Waals surface area (Å²) in [7, 11) is 3.01. The lowest BCUT2D eigenvalue weighted by molar-refractivity contribution is -0.140. The third-order valence-electron chi connectivity index (χ3n) is 5.77. The maximum atomic E-state index is 13.2. The SMILES string of the molecule is COc1ccc(/C(O)=C2\C(=O)C(=O)N(CCCn3ccnc3)[C@@H]2c2ccccc2OC)cc1Cl. The summed E-state index contributed by atoms with van der Waals surface area (Å²) in [5.41, 5.74) is 0.897. The first kappa shape index (κ1) is 23.4. The van der Waals surface area contributed by atoms with E-state index in [1.165, 1.54) is 25.2 Å². The number of likely N-dealkylation sites (tertiary alicyclic amines) is 1. The zero-order chi connectivity index (χ0) is 24.2. The summed E-state index contributed by atoms with van der Waals surface area (Å²) >= 11 is 6.24. The van der Waals surface area contributed by atoms with Crippen molar-refractivity contribution in [1.29, 1.82) is 0 Å². The Hall–Kier alpha value is -3.78. The van der Waals surface area contributed by atoms with Crippen LogP contribution < -0.4 is 9.47 Å². The molecule has 1 saturated heterocycles. The van der Waals surface area contributed by atoms with E-state index in [1.54, 1.807) is 48.9 Å². The van der Waals surface area contributed by atoms with E-state index in [2.05, 4.69) is 4.98 Å². The van der Waals surface area contributed by atoms with E-state index in [0.717, 1.165) is 0 Å². The first-order valence-electron chi connectivity index (χ1n) is 10.7. The highest BCUT2D eigenvalue weighted by atomic mass is 35.5. The van der Waals surface area contributed by atoms with Crippen LogP contribution in [0.15, 0.2) is 66.8 Å². The number of hydrogen-bond donors (Lipinski definition) is 1. The van der Waals surface area contributed by atoms with Gasteiger partial charge in [-0.05, 0) is 30.7 Å². The van der Waals surface area contributed by atoms with E-state index < -0.39 is 17.7 Å². The Bertz CT molecular complexity index is 1240. The minimum absolute atomic E-state index is 0.0154. The quantitative estimate of drug-likeness (QED) is 0.296. The molecule has 176 valence electrons. The van der Waals surface area contributed by atoms with Gasteiger partial charge in [0.25, 0.3) is 11.7 Å². The van der Waals surface area contributed by atoms with Crippen molar-refractivity contribution in [1.82, 2.24) is 14.5 Å². The number of carbonyl (C=O) groups is 2. The third-order valence-corrected chi connectivity index (χ3v) is 6.07. The Morgan fingerprint density at radius 1 is 1.09 bits per heavy atom. The first-order valence-corrected chi connectivity index (χ1v) is 11.0. The number of rotatable bonds is 8. The Labute approximate surface area is 202 Å². The van der Waals surface area contributed by atoms with Crippen molar-refractivity contribution in [2.75, 3.05) is 20.8 Å². The Morgan fingerprint density at radius 3 is 2.53 bits per heavy atom. The molecule has 1 aliphatic heterocycles. The minimum atomic E-state index is -0.820. The Kier molecular flexibility index (Phi) is 6.88. The van der Waals surface area contributed by atoms with E-state index in [4.69, 9.17) is 21.1 Å². The highest BCUT2D eigenvalue weighted by Gasteiger charge is 2.46. The van der Waals surface area contributed by atoms with Gasteiger partial charge < -0.3 is 24.0 Å². The predicted octanol–water partition coefficient (Wildman–Crippen LogP) is 4.07. The molecule has 1 N–H and O–H groups in total. The van der Waals surface area contributed by atoms with E-state index in [-0.39, 0.29) is 16.4 Å². The van der Waals surface area contributed by atoms with Gasteiger partial charge in [-0.1, -0.05) is 29.8 Å². The van der Waals surface area contributed by atoms with Crippen molar-refractivity contribution in [3.8, 4) is 11.5 Å². The van der Waals surface area contributed by atoms with E-state index >= 15 is 0 Å². The Morgan fingerprint density at radius 2 is 1.85 bits per heavy atom. The number of para-hydroxylation sites is 1. The molecule has 1 aliphatic rings. The standard InChI is InChI=1S/C25H24ClN3O5/c1-33-19-7-4-3-6-17(19)22-21(23(30)16-8-9-20(34-2)18(26)14-16)24(31)25(32)29(22)12-5-11-28-13-10-27-15-28/h3-4,6-10,13-15,22,30H,5,11-12H2,1-2H3/b23-21+/t22-/m1/s1. The number of methoxy groups -OCH3 is 2. The number of aliphatic hydroxyl groups excluding tert-OH is 1. The summed E-state index contributed by atoms with van der Waals surface area (Å²) in [5.74, 6) is -0.811. The summed E-state index contributed by atoms with van der Waals surface area (Å²) in [6, 6.07) is 11.0. The lowest BCUT2D eigenvalue weighted by atomic mass is 9.94. The second-order valence-corrected chi connectivity index (χ2v) is 8.15. The molecule has 0 spiro atoms. The van der Waals surface area contributed by atoms with Crippen LogP contribution in [-0.4, -0.2) is 52.0 Å². The lowest BCUT2D eigenvalue weighted by Gasteiger charge is -2.26. The molecule has 0 aliphatic carbocycles. The number of aromatic nitrogens is 2. The number of halogens is 1. The molecule has 4 rings (SSSR count). The summed E-state index contributed by atoms with van der Waals surface area (Å²) in [5, 5.41) is 11.5. The molecular weight excluding hydrogens is 458 g/mol. The fourth-order valence-electron chi connectivity index (χ4n) is 4.14. The molecule has 0 bridgehead atoms. The average Bonchev–Trinajstić information content (AvgIpc) is 3.45. The predicted molar refractivity (Wildman–Crippen MR) is 127 cm³/mol. The molecule has 1 amide bonds. The summed E-state index contributed by atoms with van der Waals surface area (Å²) in [6.45, 7) is 0.918. The normalized spacial score (nSPS) is 17.3. The van der Waals surface area contributed by atoms with Crippen LogP contribution in [0.2, 0.25) is 5.02 Å². The number of amides is 1. The molecule has 9 heteroatoms. The van der Waals surface area contributed by atoms with Gasteiger partial charge in [-0.25, -0.2) is 4.98 Å². The number of ketones is 1. The van der Waals surface area contributed by atoms with Gasteiger partial charge >= 0.3 is 0 Å². The van der Waals surface area contributed by atoms with Crippen LogP contribution in [0.5, 0.6) is 11.5 Å². The van der Waals surface area contributed by atoms with Crippen LogP contribution in [-0.2, 0) is 16.1 Å². The number of hydrogen-bond acceptors (Lipinski definition) is 6. The molecule has 0 unspecified atom stereocenters. The molecule has 34 heavy (non-hydrogen) atoms. The number of carbonyl (C=O) groups excluding carboxylic acids is 2. The number of Topliss-reactive ketones (excluding diaryl/α,β-unsaturated/α-hetero) is 1. The molecule has 3 aromatic rings. The number of benzene rings is 2. The number of ether oxygens (including phenoxy) is 2. The first-order chi connectivity index (χ1) is 16.5. The average molecular weight is 482 g/mol. The van der Waals surface area contributed by atoms with Gasteiger partial charge in [0.15, 0.2) is 0 Å². The zero-order valence-electron chi connectivity index (χ0n) is 18.8. The van der Waals surface area contributed by atoms with Gasteiger partial charge in [0.05, 0.1) is 37.2 Å². The third kappa shape index (κ3) is 4.36. The number of aryl methyl sites for hydroxylation is 1. The molecule has 1 atom stereocenters. The van der Waals surface area contributed by atoms with Crippen LogP contribution >= 0.6 is 11.6 Å². The minimum Gasteiger partial charge on any atom is -0.507 e. The van der Waals surface area contributed by atoms with Gasteiger partial charge in [0, 0.05) is 36.6 Å². The Balaban J connectivity index is 1.78. The van der Waals surface area contributed by atoms with E-state index in [1.807, 2.05) is 10.8 Å². The zero-order valence-corrected chi connectivity index (χ0v) is 19.5. The maximum Gasteiger partial charge on any atom is 0.295 e. The molecule has 0 saturated carbocycles. The second-order valence-electron chi connectivity index (χ2n) is 7.74. The molecule has 2 aromatic carbocycles. The molecule has 2 heterocycles. The van der Waals surface area contributed by atoms with Crippen LogP contribution in [0.3, 0.4) is 0 Å². The van der Waals surface area contributed by atoms with Crippen molar-refractivity contribution in [2.24, 2.45) is 0 Å². The smallest absolute Gasteiger partial charge is 0.295 e. The number of imidazole rings is 1. The number of nitrogens with zero attached hydrogens (tertiary/aromatic N) is 3. The van der Waals surface area contributed by atoms with Crippen LogP contribution in [0.1, 0.15) is 23.6 Å². The fourth-order valence-corrected chi connectivity index (χ4v) is 4.40. The van der Waals surface area contributed by atoms with Crippen molar-refractivity contribution in [3.63, 3.8) is 0 Å². The van der Waals surface area contributed by atoms with Gasteiger partial charge in [0.1, 0.15) is 17.3 Å². The monoisotopic (exact) mass is 481 g/mol. The van der Waals surface area contributed by atoms with Crippen LogP contribution in [0.25, 0.3) is 5.76 Å². The highest BCUT2D eigenvalue weighted by Crippen LogP contribution is 2.43. The molecule has 8 nitrogen and oxygen atoms in total. The molecule has 1 aromatic heterocycles. The lowest BCUT2D eigenvalue weighted by Crippen LogP contribution is -2.31. The van der Waals surface area contributed by atoms with Gasteiger partial charge in [-0.3, -0.25) is 9.59 Å². The fraction of sp³-hybridized carbons (Fsp3) is 0.240. The van der Waals surface area contributed by atoms with Crippen molar-refractivity contribution < 1.29 is 24.2 Å². The molecule has 0 radical (unpaired) electrons. The largest absolute Gasteiger partial charge is 0.507 e. The van der Waals surface area contributed by atoms with Crippen molar-refractivity contribution >= 4 is 29.1 Å². The second kappa shape index (κ2) is 10.0. The van der Waals surface area contributed by atoms with Gasteiger partial charge in [-0.15, -0.1) is 0 Å². The van der Waals surface area contributed by atoms with Gasteiger partial charge in [-0.2, -0.15) is 0 Å². The maximum absolute atomic E-state index is 13.2. The van der Waals surface area contributed by atoms with Crippen molar-refractivity contribution in [3.05, 3.63) is 82.9 Å². The van der Waals surface area contributed by atoms with Gasteiger partial charge in [0.2, 0.25) is 0 Å². The molecular formula is C25H24ClN3O5.